The van der Waals surface area contributed by atoms with Crippen molar-refractivity contribution >= 4 is 15.9 Å². The van der Waals surface area contributed by atoms with E-state index in [1.807, 2.05) is 6.92 Å². The Morgan fingerprint density at radius 3 is 2.75 bits per heavy atom. The molecule has 1 aromatic carbocycles. The minimum atomic E-state index is -4.39. The molecule has 0 aliphatic carbocycles. The van der Waals surface area contributed by atoms with E-state index in [4.69, 9.17) is 4.42 Å². The number of alkyl halides is 3. The lowest BCUT2D eigenvalue weighted by atomic mass is 10.1. The van der Waals surface area contributed by atoms with Gasteiger partial charge >= 0.3 is 6.18 Å². The van der Waals surface area contributed by atoms with Gasteiger partial charge in [0.05, 0.1) is 18.3 Å². The third kappa shape index (κ3) is 3.40. The van der Waals surface area contributed by atoms with Crippen LogP contribution < -0.4 is 5.32 Å². The van der Waals surface area contributed by atoms with E-state index in [1.54, 1.807) is 0 Å². The summed E-state index contributed by atoms with van der Waals surface area (Å²) in [6.45, 7) is 3.13. The summed E-state index contributed by atoms with van der Waals surface area (Å²) < 4.78 is 44.1. The number of halogens is 4. The third-order valence-electron chi connectivity index (χ3n) is 2.64. The Morgan fingerprint density at radius 2 is 2.10 bits per heavy atom. The number of rotatable bonds is 4. The van der Waals surface area contributed by atoms with Crippen molar-refractivity contribution in [3.05, 3.63) is 40.3 Å². The minimum absolute atomic E-state index is 0.302. The van der Waals surface area contributed by atoms with Crippen LogP contribution in [0.5, 0.6) is 0 Å². The molecule has 0 fully saturated rings. The second-order valence-corrected chi connectivity index (χ2v) is 4.95. The van der Waals surface area contributed by atoms with Crippen LogP contribution in [0, 0.1) is 0 Å². The summed E-state index contributed by atoms with van der Waals surface area (Å²) in [5, 5.41) is 3.03. The van der Waals surface area contributed by atoms with Crippen molar-refractivity contribution in [2.75, 3.05) is 6.54 Å². The van der Waals surface area contributed by atoms with Crippen LogP contribution in [0.1, 0.15) is 18.4 Å². The molecule has 2 aromatic rings. The topological polar surface area (TPSA) is 38.1 Å². The van der Waals surface area contributed by atoms with Crippen LogP contribution >= 0.6 is 15.9 Å². The van der Waals surface area contributed by atoms with Gasteiger partial charge in [0.15, 0.2) is 5.76 Å². The SMILES string of the molecule is CCNCc1ncc(-c2cc(C(F)(F)F)ccc2Br)o1. The van der Waals surface area contributed by atoms with Gasteiger partial charge in [-0.15, -0.1) is 0 Å². The van der Waals surface area contributed by atoms with Crippen molar-refractivity contribution in [1.29, 1.82) is 0 Å². The average Bonchev–Trinajstić information content (AvgIpc) is 2.84. The van der Waals surface area contributed by atoms with Crippen molar-refractivity contribution in [3.8, 4) is 11.3 Å². The fraction of sp³-hybridized carbons (Fsp3) is 0.308. The van der Waals surface area contributed by atoms with Crippen molar-refractivity contribution in [1.82, 2.24) is 10.3 Å². The number of hydrogen-bond acceptors (Lipinski definition) is 3. The molecule has 0 atom stereocenters. The number of hydrogen-bond donors (Lipinski definition) is 1. The first kappa shape index (κ1) is 15.1. The van der Waals surface area contributed by atoms with Crippen LogP contribution in [0.15, 0.2) is 33.3 Å². The Bertz CT molecular complexity index is 596. The normalized spacial score (nSPS) is 11.8. The Balaban J connectivity index is 2.34. The van der Waals surface area contributed by atoms with Crippen LogP contribution in [0.3, 0.4) is 0 Å². The van der Waals surface area contributed by atoms with Gasteiger partial charge in [0.1, 0.15) is 0 Å². The fourth-order valence-electron chi connectivity index (χ4n) is 1.64. The highest BCUT2D eigenvalue weighted by Crippen LogP contribution is 2.36. The van der Waals surface area contributed by atoms with Crippen molar-refractivity contribution < 1.29 is 17.6 Å². The Labute approximate surface area is 122 Å². The van der Waals surface area contributed by atoms with Gasteiger partial charge in [0.25, 0.3) is 0 Å². The second-order valence-electron chi connectivity index (χ2n) is 4.09. The smallest absolute Gasteiger partial charge is 0.416 e. The standard InChI is InChI=1S/C13H12BrF3N2O/c1-2-18-7-12-19-6-11(20-12)9-5-8(13(15,16)17)3-4-10(9)14/h3-6,18H,2,7H2,1H3. The molecule has 1 aromatic heterocycles. The summed E-state index contributed by atoms with van der Waals surface area (Å²) in [4.78, 5) is 4.03. The zero-order valence-electron chi connectivity index (χ0n) is 10.6. The molecule has 20 heavy (non-hydrogen) atoms. The molecule has 0 radical (unpaired) electrons. The fourth-order valence-corrected chi connectivity index (χ4v) is 2.08. The minimum Gasteiger partial charge on any atom is -0.439 e. The van der Waals surface area contributed by atoms with Crippen LogP contribution in [0.2, 0.25) is 0 Å². The molecule has 3 nitrogen and oxygen atoms in total. The van der Waals surface area contributed by atoms with Crippen molar-refractivity contribution in [3.63, 3.8) is 0 Å². The van der Waals surface area contributed by atoms with Gasteiger partial charge in [0, 0.05) is 10.0 Å². The van der Waals surface area contributed by atoms with E-state index >= 15 is 0 Å². The third-order valence-corrected chi connectivity index (χ3v) is 3.33. The molecule has 0 unspecified atom stereocenters. The van der Waals surface area contributed by atoms with Gasteiger partial charge in [-0.25, -0.2) is 4.98 Å². The van der Waals surface area contributed by atoms with E-state index < -0.39 is 11.7 Å². The Hall–Kier alpha value is -1.34. The molecule has 0 spiro atoms. The van der Waals surface area contributed by atoms with Crippen LogP contribution in [-0.4, -0.2) is 11.5 Å². The molecule has 108 valence electrons. The first-order valence-corrected chi connectivity index (χ1v) is 6.73. The van der Waals surface area contributed by atoms with Gasteiger partial charge in [-0.2, -0.15) is 13.2 Å². The van der Waals surface area contributed by atoms with Gasteiger partial charge < -0.3 is 9.73 Å². The maximum atomic E-state index is 12.7. The van der Waals surface area contributed by atoms with E-state index in [0.717, 1.165) is 18.7 Å². The van der Waals surface area contributed by atoms with Crippen molar-refractivity contribution in [2.24, 2.45) is 0 Å². The molecular formula is C13H12BrF3N2O. The summed E-state index contributed by atoms with van der Waals surface area (Å²) >= 11 is 3.23. The molecule has 0 aliphatic heterocycles. The van der Waals surface area contributed by atoms with E-state index in [-0.39, 0.29) is 0 Å². The summed E-state index contributed by atoms with van der Waals surface area (Å²) in [5.41, 5.74) is -0.393. The number of oxazole rings is 1. The summed E-state index contributed by atoms with van der Waals surface area (Å²) in [6, 6.07) is 3.41. The quantitative estimate of drug-likeness (QED) is 0.898. The van der Waals surface area contributed by atoms with Gasteiger partial charge in [-0.3, -0.25) is 0 Å². The van der Waals surface area contributed by atoms with Gasteiger partial charge in [-0.1, -0.05) is 22.9 Å². The van der Waals surface area contributed by atoms with Gasteiger partial charge in [0.2, 0.25) is 5.89 Å². The van der Waals surface area contributed by atoms with Crippen molar-refractivity contribution in [2.45, 2.75) is 19.6 Å². The highest BCUT2D eigenvalue weighted by Gasteiger charge is 2.31. The Kier molecular flexibility index (Phi) is 4.49. The predicted octanol–water partition coefficient (Wildman–Crippen LogP) is 4.23. The maximum Gasteiger partial charge on any atom is 0.416 e. The molecule has 0 saturated heterocycles. The lowest BCUT2D eigenvalue weighted by Crippen LogP contribution is -2.11. The van der Waals surface area contributed by atoms with Crippen LogP contribution in [0.25, 0.3) is 11.3 Å². The highest BCUT2D eigenvalue weighted by atomic mass is 79.9. The number of aromatic nitrogens is 1. The van der Waals surface area contributed by atoms with E-state index in [2.05, 4.69) is 26.2 Å². The van der Waals surface area contributed by atoms with E-state index in [0.29, 0.717) is 28.2 Å². The number of nitrogens with zero attached hydrogens (tertiary/aromatic N) is 1. The van der Waals surface area contributed by atoms with Gasteiger partial charge in [-0.05, 0) is 24.7 Å². The number of benzene rings is 1. The average molecular weight is 349 g/mol. The monoisotopic (exact) mass is 348 g/mol. The maximum absolute atomic E-state index is 12.7. The molecule has 7 heteroatoms. The lowest BCUT2D eigenvalue weighted by Gasteiger charge is -2.09. The second kappa shape index (κ2) is 5.97. The largest absolute Gasteiger partial charge is 0.439 e. The predicted molar refractivity (Wildman–Crippen MR) is 72.0 cm³/mol. The summed E-state index contributed by atoms with van der Waals surface area (Å²) in [7, 11) is 0. The van der Waals surface area contributed by atoms with E-state index in [9.17, 15) is 13.2 Å². The molecular weight excluding hydrogens is 337 g/mol. The Morgan fingerprint density at radius 1 is 1.35 bits per heavy atom. The summed E-state index contributed by atoms with van der Waals surface area (Å²) in [6.07, 6.45) is -2.96. The highest BCUT2D eigenvalue weighted by molar-refractivity contribution is 9.10. The molecule has 0 saturated carbocycles. The zero-order chi connectivity index (χ0) is 14.8. The first-order chi connectivity index (χ1) is 9.41. The van der Waals surface area contributed by atoms with E-state index in [1.165, 1.54) is 12.3 Å². The van der Waals surface area contributed by atoms with Crippen LogP contribution in [-0.2, 0) is 12.7 Å². The first-order valence-electron chi connectivity index (χ1n) is 5.94. The summed E-state index contributed by atoms with van der Waals surface area (Å²) in [5.74, 6) is 0.738. The molecule has 2 rings (SSSR count). The molecule has 0 bridgehead atoms. The molecule has 0 aliphatic rings. The van der Waals surface area contributed by atoms with Crippen LogP contribution in [0.4, 0.5) is 13.2 Å². The zero-order valence-corrected chi connectivity index (χ0v) is 12.2. The molecule has 1 N–H and O–H groups in total. The lowest BCUT2D eigenvalue weighted by molar-refractivity contribution is -0.137. The number of nitrogens with one attached hydrogen (secondary N) is 1. The molecule has 1 heterocycles. The molecule has 0 amide bonds.